The molecular weight excluding hydrogens is 382 g/mol. The van der Waals surface area contributed by atoms with Crippen LogP contribution in [0.15, 0.2) is 84.9 Å². The zero-order valence-corrected chi connectivity index (χ0v) is 18.1. The average molecular weight is 411 g/mol. The minimum Gasteiger partial charge on any atom is -0.352 e. The van der Waals surface area contributed by atoms with Gasteiger partial charge in [0.05, 0.1) is 37.4 Å². The predicted octanol–water partition coefficient (Wildman–Crippen LogP) is 3.83. The minimum absolute atomic E-state index is 0.0467. The van der Waals surface area contributed by atoms with Crippen LogP contribution in [0.2, 0.25) is 0 Å². The summed E-state index contributed by atoms with van der Waals surface area (Å²) in [6, 6.07) is 28.4. The van der Waals surface area contributed by atoms with Gasteiger partial charge in [-0.15, -0.1) is 0 Å². The lowest BCUT2D eigenvalue weighted by Crippen LogP contribution is -3.05. The number of quaternary nitrogens is 1. The van der Waals surface area contributed by atoms with Gasteiger partial charge in [-0.25, -0.2) is 4.98 Å². The molecule has 2 N–H and O–H groups in total. The third kappa shape index (κ3) is 4.98. The van der Waals surface area contributed by atoms with Crippen molar-refractivity contribution in [3.8, 4) is 22.4 Å². The molecule has 0 bridgehead atoms. The van der Waals surface area contributed by atoms with Crippen LogP contribution in [-0.2, 0) is 0 Å². The van der Waals surface area contributed by atoms with Crippen LogP contribution in [0.5, 0.6) is 0 Å². The SMILES string of the molecule is C[NH+](C)CCCNC(=O)c1cc(-c2ccc(-c3ccccc3)cc2)nc2ccccc12. The Kier molecular flexibility index (Phi) is 6.39. The summed E-state index contributed by atoms with van der Waals surface area (Å²) in [5.41, 5.74) is 5.64. The zero-order chi connectivity index (χ0) is 21.6. The van der Waals surface area contributed by atoms with Gasteiger partial charge >= 0.3 is 0 Å². The van der Waals surface area contributed by atoms with Crippen LogP contribution in [0.1, 0.15) is 16.8 Å². The Morgan fingerprint density at radius 1 is 0.839 bits per heavy atom. The number of hydrogen-bond donors (Lipinski definition) is 2. The summed E-state index contributed by atoms with van der Waals surface area (Å²) < 4.78 is 0. The first-order chi connectivity index (χ1) is 15.1. The van der Waals surface area contributed by atoms with E-state index >= 15 is 0 Å². The predicted molar refractivity (Wildman–Crippen MR) is 127 cm³/mol. The number of benzene rings is 3. The van der Waals surface area contributed by atoms with E-state index in [0.29, 0.717) is 12.1 Å². The number of carbonyl (C=O) groups excluding carboxylic acids is 1. The molecule has 31 heavy (non-hydrogen) atoms. The number of carbonyl (C=O) groups is 1. The minimum atomic E-state index is -0.0467. The number of rotatable bonds is 7. The van der Waals surface area contributed by atoms with Crippen LogP contribution in [0.25, 0.3) is 33.3 Å². The van der Waals surface area contributed by atoms with Gasteiger partial charge in [-0.2, -0.15) is 0 Å². The van der Waals surface area contributed by atoms with Crippen LogP contribution < -0.4 is 10.2 Å². The highest BCUT2D eigenvalue weighted by Gasteiger charge is 2.14. The van der Waals surface area contributed by atoms with E-state index in [4.69, 9.17) is 4.98 Å². The highest BCUT2D eigenvalue weighted by atomic mass is 16.1. The molecule has 0 atom stereocenters. The number of amides is 1. The molecule has 0 radical (unpaired) electrons. The fourth-order valence-corrected chi connectivity index (χ4v) is 3.71. The third-order valence-corrected chi connectivity index (χ3v) is 5.39. The Labute approximate surface area is 183 Å². The van der Waals surface area contributed by atoms with Crippen molar-refractivity contribution in [2.75, 3.05) is 27.2 Å². The van der Waals surface area contributed by atoms with Crippen molar-refractivity contribution in [2.24, 2.45) is 0 Å². The van der Waals surface area contributed by atoms with E-state index in [2.05, 4.69) is 55.8 Å². The number of nitrogens with one attached hydrogen (secondary N) is 2. The van der Waals surface area contributed by atoms with E-state index in [9.17, 15) is 4.79 Å². The molecule has 1 aromatic heterocycles. The molecule has 4 rings (SSSR count). The fraction of sp³-hybridized carbons (Fsp3) is 0.185. The number of nitrogens with zero attached hydrogens (tertiary/aromatic N) is 1. The second kappa shape index (κ2) is 9.54. The molecule has 0 saturated heterocycles. The summed E-state index contributed by atoms with van der Waals surface area (Å²) in [4.78, 5) is 19.2. The molecule has 156 valence electrons. The Morgan fingerprint density at radius 2 is 1.48 bits per heavy atom. The molecule has 0 saturated carbocycles. The second-order valence-electron chi connectivity index (χ2n) is 8.08. The lowest BCUT2D eigenvalue weighted by molar-refractivity contribution is -0.858. The molecule has 0 unspecified atom stereocenters. The van der Waals surface area contributed by atoms with Crippen molar-refractivity contribution in [3.05, 3.63) is 90.5 Å². The van der Waals surface area contributed by atoms with E-state index in [1.54, 1.807) is 0 Å². The standard InChI is InChI=1S/C27H27N3O/c1-30(2)18-8-17-28-27(31)24-19-26(29-25-12-7-6-11-23(24)25)22-15-13-21(14-16-22)20-9-4-3-5-10-20/h3-7,9-16,19H,8,17-18H2,1-2H3,(H,28,31)/p+1. The van der Waals surface area contributed by atoms with Gasteiger partial charge in [-0.3, -0.25) is 4.79 Å². The fourth-order valence-electron chi connectivity index (χ4n) is 3.71. The lowest BCUT2D eigenvalue weighted by atomic mass is 10.0. The maximum absolute atomic E-state index is 13.0. The smallest absolute Gasteiger partial charge is 0.252 e. The van der Waals surface area contributed by atoms with E-state index in [1.165, 1.54) is 10.5 Å². The molecule has 3 aromatic carbocycles. The first-order valence-corrected chi connectivity index (χ1v) is 10.7. The summed E-state index contributed by atoms with van der Waals surface area (Å²) in [6.07, 6.45) is 0.949. The first-order valence-electron chi connectivity index (χ1n) is 10.7. The summed E-state index contributed by atoms with van der Waals surface area (Å²) in [7, 11) is 4.24. The number of pyridine rings is 1. The molecule has 1 amide bonds. The molecule has 1 heterocycles. The number of aromatic nitrogens is 1. The summed E-state index contributed by atoms with van der Waals surface area (Å²) >= 11 is 0. The Morgan fingerprint density at radius 3 is 2.23 bits per heavy atom. The quantitative estimate of drug-likeness (QED) is 0.455. The van der Waals surface area contributed by atoms with E-state index in [-0.39, 0.29) is 5.91 Å². The maximum atomic E-state index is 13.0. The number of para-hydroxylation sites is 1. The maximum Gasteiger partial charge on any atom is 0.252 e. The van der Waals surface area contributed by atoms with Crippen molar-refractivity contribution >= 4 is 16.8 Å². The van der Waals surface area contributed by atoms with Crippen molar-refractivity contribution in [1.82, 2.24) is 10.3 Å². The summed E-state index contributed by atoms with van der Waals surface area (Å²) in [5.74, 6) is -0.0467. The Bertz CT molecular complexity index is 1170. The monoisotopic (exact) mass is 410 g/mol. The molecule has 0 spiro atoms. The van der Waals surface area contributed by atoms with Gasteiger partial charge in [0, 0.05) is 23.9 Å². The van der Waals surface area contributed by atoms with Gasteiger partial charge in [0.25, 0.3) is 5.91 Å². The molecule has 4 nitrogen and oxygen atoms in total. The third-order valence-electron chi connectivity index (χ3n) is 5.39. The Balaban J connectivity index is 1.63. The van der Waals surface area contributed by atoms with Gasteiger partial charge in [-0.05, 0) is 23.3 Å². The topological polar surface area (TPSA) is 46.4 Å². The molecule has 4 heteroatoms. The van der Waals surface area contributed by atoms with Gasteiger partial charge < -0.3 is 10.2 Å². The van der Waals surface area contributed by atoms with Crippen LogP contribution in [0.4, 0.5) is 0 Å². The summed E-state index contributed by atoms with van der Waals surface area (Å²) in [5, 5.41) is 3.95. The largest absolute Gasteiger partial charge is 0.352 e. The summed E-state index contributed by atoms with van der Waals surface area (Å²) in [6.45, 7) is 1.69. The van der Waals surface area contributed by atoms with E-state index in [1.807, 2.05) is 48.5 Å². The van der Waals surface area contributed by atoms with Crippen molar-refractivity contribution < 1.29 is 9.69 Å². The van der Waals surface area contributed by atoms with Crippen LogP contribution >= 0.6 is 0 Å². The van der Waals surface area contributed by atoms with Crippen molar-refractivity contribution in [1.29, 1.82) is 0 Å². The second-order valence-corrected chi connectivity index (χ2v) is 8.08. The van der Waals surface area contributed by atoms with Crippen molar-refractivity contribution in [3.63, 3.8) is 0 Å². The van der Waals surface area contributed by atoms with Gasteiger partial charge in [0.15, 0.2) is 0 Å². The first kappa shape index (κ1) is 20.8. The van der Waals surface area contributed by atoms with Crippen LogP contribution in [0, 0.1) is 0 Å². The molecule has 0 fully saturated rings. The van der Waals surface area contributed by atoms with E-state index < -0.39 is 0 Å². The number of hydrogen-bond acceptors (Lipinski definition) is 2. The lowest BCUT2D eigenvalue weighted by Gasteiger charge is -2.12. The highest BCUT2D eigenvalue weighted by molar-refractivity contribution is 6.07. The number of fused-ring (bicyclic) bond motifs is 1. The molecule has 0 aliphatic carbocycles. The molecular formula is C27H28N3O+. The van der Waals surface area contributed by atoms with Crippen LogP contribution in [0.3, 0.4) is 0 Å². The van der Waals surface area contributed by atoms with Crippen molar-refractivity contribution in [2.45, 2.75) is 6.42 Å². The zero-order valence-electron chi connectivity index (χ0n) is 18.1. The van der Waals surface area contributed by atoms with Gasteiger partial charge in [0.1, 0.15) is 0 Å². The van der Waals surface area contributed by atoms with E-state index in [0.717, 1.165) is 40.7 Å². The van der Waals surface area contributed by atoms with Gasteiger partial charge in [0.2, 0.25) is 0 Å². The highest BCUT2D eigenvalue weighted by Crippen LogP contribution is 2.27. The Hall–Kier alpha value is -3.50. The average Bonchev–Trinajstić information content (AvgIpc) is 2.81. The van der Waals surface area contributed by atoms with Crippen LogP contribution in [-0.4, -0.2) is 38.1 Å². The normalized spacial score (nSPS) is 11.1. The molecule has 0 aliphatic heterocycles. The molecule has 4 aromatic rings. The molecule has 0 aliphatic rings. The van der Waals surface area contributed by atoms with Gasteiger partial charge in [-0.1, -0.05) is 72.8 Å².